The number of benzene rings is 1. The Morgan fingerprint density at radius 1 is 0.786 bits per heavy atom. The molecule has 2 fully saturated rings. The lowest BCUT2D eigenvalue weighted by Crippen LogP contribution is -2.40. The lowest BCUT2D eigenvalue weighted by atomic mass is 9.73. The van der Waals surface area contributed by atoms with Crippen LogP contribution in [-0.2, 0) is 11.1 Å². The summed E-state index contributed by atoms with van der Waals surface area (Å²) < 4.78 is 0. The molecule has 0 aromatic heterocycles. The topological polar surface area (TPSA) is 89.4 Å². The maximum atomic E-state index is 11.8. The van der Waals surface area contributed by atoms with Crippen molar-refractivity contribution in [2.45, 2.75) is 107 Å². The van der Waals surface area contributed by atoms with Crippen molar-refractivity contribution in [1.82, 2.24) is 0 Å². The summed E-state index contributed by atoms with van der Waals surface area (Å²) in [5.41, 5.74) is 7.15. The van der Waals surface area contributed by atoms with Crippen LogP contribution in [0.5, 0.6) is 0 Å². The number of aliphatic hydroxyl groups is 1. The molecule has 0 atom stereocenters. The van der Waals surface area contributed by atoms with Crippen LogP contribution in [0, 0.1) is 10.1 Å². The summed E-state index contributed by atoms with van der Waals surface area (Å²) in [7, 11) is 0. The molecule has 5 nitrogen and oxygen atoms in total. The largest absolute Gasteiger partial charge is 0.385 e. The zero-order valence-electron chi connectivity index (χ0n) is 17.1. The number of hydrogen-bond donors (Lipinski definition) is 2. The van der Waals surface area contributed by atoms with Crippen LogP contribution in [0.15, 0.2) is 18.2 Å². The van der Waals surface area contributed by atoms with Gasteiger partial charge in [0.15, 0.2) is 0 Å². The second-order valence-corrected chi connectivity index (χ2v) is 9.06. The fraction of sp³-hybridized carbons (Fsp3) is 0.739. The number of rotatable bonds is 3. The molecule has 2 aliphatic carbocycles. The highest BCUT2D eigenvalue weighted by atomic mass is 16.6. The van der Waals surface area contributed by atoms with Gasteiger partial charge >= 0.3 is 0 Å². The summed E-state index contributed by atoms with van der Waals surface area (Å²) in [5, 5.41) is 23.2. The van der Waals surface area contributed by atoms with Crippen molar-refractivity contribution in [2.24, 2.45) is 5.73 Å². The first-order chi connectivity index (χ1) is 13.4. The van der Waals surface area contributed by atoms with Crippen LogP contribution in [0.25, 0.3) is 0 Å². The monoisotopic (exact) mass is 388 g/mol. The highest BCUT2D eigenvalue weighted by Crippen LogP contribution is 2.43. The Labute approximate surface area is 168 Å². The molecule has 0 aliphatic heterocycles. The summed E-state index contributed by atoms with van der Waals surface area (Å²) in [6.45, 7) is 0. The number of non-ortho nitro benzene ring substituents is 1. The Balaban J connectivity index is 2.03. The Bertz CT molecular complexity index is 656. The Morgan fingerprint density at radius 2 is 1.25 bits per heavy atom. The van der Waals surface area contributed by atoms with Crippen molar-refractivity contribution < 1.29 is 10.0 Å². The average Bonchev–Trinajstić information content (AvgIpc) is 2.92. The quantitative estimate of drug-likeness (QED) is 0.388. The van der Waals surface area contributed by atoms with E-state index >= 15 is 0 Å². The van der Waals surface area contributed by atoms with E-state index in [0.29, 0.717) is 12.8 Å². The summed E-state index contributed by atoms with van der Waals surface area (Å²) >= 11 is 0. The minimum atomic E-state index is -0.930. The first-order valence-electron chi connectivity index (χ1n) is 11.3. The van der Waals surface area contributed by atoms with Crippen molar-refractivity contribution in [3.63, 3.8) is 0 Å². The lowest BCUT2D eigenvalue weighted by Gasteiger charge is -2.37. The Morgan fingerprint density at radius 3 is 1.75 bits per heavy atom. The molecule has 0 radical (unpaired) electrons. The smallest absolute Gasteiger partial charge is 0.269 e. The Kier molecular flexibility index (Phi) is 7.10. The highest BCUT2D eigenvalue weighted by Gasteiger charge is 2.38. The molecule has 0 amide bonds. The van der Waals surface area contributed by atoms with Crippen LogP contribution < -0.4 is 5.73 Å². The molecule has 0 spiro atoms. The van der Waals surface area contributed by atoms with E-state index in [-0.39, 0.29) is 10.6 Å². The molecular weight excluding hydrogens is 352 g/mol. The molecule has 3 N–H and O–H groups in total. The number of nitro groups is 1. The van der Waals surface area contributed by atoms with Crippen LogP contribution in [0.2, 0.25) is 0 Å². The molecule has 156 valence electrons. The van der Waals surface area contributed by atoms with Gasteiger partial charge in [0.1, 0.15) is 0 Å². The SMILES string of the molecule is NC1(c2cc([N+](=O)[O-])ccc2C2(O)CCCCCCCCC2)CCCCCC1. The summed E-state index contributed by atoms with van der Waals surface area (Å²) in [4.78, 5) is 11.1. The van der Waals surface area contributed by atoms with Gasteiger partial charge in [-0.25, -0.2) is 0 Å². The van der Waals surface area contributed by atoms with E-state index < -0.39 is 11.1 Å². The molecule has 28 heavy (non-hydrogen) atoms. The number of nitro benzene ring substituents is 1. The third-order valence-electron chi connectivity index (χ3n) is 6.93. The van der Waals surface area contributed by atoms with Gasteiger partial charge in [-0.1, -0.05) is 70.6 Å². The predicted molar refractivity (Wildman–Crippen MR) is 112 cm³/mol. The fourth-order valence-corrected chi connectivity index (χ4v) is 5.21. The number of nitrogens with zero attached hydrogens (tertiary/aromatic N) is 1. The molecule has 0 heterocycles. The van der Waals surface area contributed by atoms with Gasteiger partial charge in [-0.05, 0) is 42.9 Å². The second-order valence-electron chi connectivity index (χ2n) is 9.06. The third kappa shape index (κ3) is 4.93. The fourth-order valence-electron chi connectivity index (χ4n) is 5.21. The van der Waals surface area contributed by atoms with Gasteiger partial charge in [-0.15, -0.1) is 0 Å². The number of nitrogens with two attached hydrogens (primary N) is 1. The van der Waals surface area contributed by atoms with Gasteiger partial charge in [0.05, 0.1) is 10.5 Å². The van der Waals surface area contributed by atoms with Gasteiger partial charge < -0.3 is 10.8 Å². The van der Waals surface area contributed by atoms with Crippen LogP contribution in [-0.4, -0.2) is 10.0 Å². The second kappa shape index (κ2) is 9.36. The zero-order valence-corrected chi connectivity index (χ0v) is 17.1. The van der Waals surface area contributed by atoms with Crippen molar-refractivity contribution in [3.05, 3.63) is 39.4 Å². The molecule has 1 aromatic carbocycles. The zero-order chi connectivity index (χ0) is 20.0. The predicted octanol–water partition coefficient (Wildman–Crippen LogP) is 5.82. The molecular formula is C23H36N2O3. The van der Waals surface area contributed by atoms with E-state index in [9.17, 15) is 15.2 Å². The molecule has 3 rings (SSSR count). The van der Waals surface area contributed by atoms with Crippen LogP contribution in [0.1, 0.15) is 107 Å². The average molecular weight is 389 g/mol. The van der Waals surface area contributed by atoms with Crippen LogP contribution in [0.3, 0.4) is 0 Å². The first kappa shape index (κ1) is 21.3. The molecule has 2 saturated carbocycles. The maximum Gasteiger partial charge on any atom is 0.269 e. The van der Waals surface area contributed by atoms with Gasteiger partial charge in [0.2, 0.25) is 0 Å². The standard InChI is InChI=1S/C23H36N2O3/c24-22(14-8-6-7-9-15-22)21-18-19(25(27)28)12-13-20(21)23(26)16-10-4-2-1-3-5-11-17-23/h12-13,18,26H,1-11,14-17,24H2. The minimum Gasteiger partial charge on any atom is -0.385 e. The van der Waals surface area contributed by atoms with E-state index in [1.54, 1.807) is 18.2 Å². The van der Waals surface area contributed by atoms with Crippen molar-refractivity contribution in [2.75, 3.05) is 0 Å². The summed E-state index contributed by atoms with van der Waals surface area (Å²) in [6, 6.07) is 5.02. The van der Waals surface area contributed by atoms with Crippen LogP contribution >= 0.6 is 0 Å². The van der Waals surface area contributed by atoms with E-state index in [1.165, 1.54) is 19.3 Å². The Hall–Kier alpha value is -1.46. The van der Waals surface area contributed by atoms with E-state index in [1.807, 2.05) is 0 Å². The molecule has 1 aromatic rings. The first-order valence-corrected chi connectivity index (χ1v) is 11.3. The van der Waals surface area contributed by atoms with Gasteiger partial charge in [0.25, 0.3) is 5.69 Å². The van der Waals surface area contributed by atoms with Crippen molar-refractivity contribution in [3.8, 4) is 0 Å². The molecule has 5 heteroatoms. The van der Waals surface area contributed by atoms with Gasteiger partial charge in [0, 0.05) is 17.7 Å². The third-order valence-corrected chi connectivity index (χ3v) is 6.93. The van der Waals surface area contributed by atoms with Crippen LogP contribution in [0.4, 0.5) is 5.69 Å². The molecule has 0 bridgehead atoms. The van der Waals surface area contributed by atoms with Crippen molar-refractivity contribution in [1.29, 1.82) is 0 Å². The van der Waals surface area contributed by atoms with Crippen molar-refractivity contribution >= 4 is 5.69 Å². The maximum absolute atomic E-state index is 11.8. The molecule has 0 unspecified atom stereocenters. The van der Waals surface area contributed by atoms with E-state index in [2.05, 4.69) is 0 Å². The van der Waals surface area contributed by atoms with E-state index in [0.717, 1.165) is 75.3 Å². The highest BCUT2D eigenvalue weighted by molar-refractivity contribution is 5.46. The summed E-state index contributed by atoms with van der Waals surface area (Å²) in [6.07, 6.45) is 15.5. The normalized spacial score (nSPS) is 23.5. The summed E-state index contributed by atoms with van der Waals surface area (Å²) in [5.74, 6) is 0. The van der Waals surface area contributed by atoms with E-state index in [4.69, 9.17) is 5.73 Å². The van der Waals surface area contributed by atoms with Gasteiger partial charge in [-0.2, -0.15) is 0 Å². The molecule has 2 aliphatic rings. The lowest BCUT2D eigenvalue weighted by molar-refractivity contribution is -0.385. The minimum absolute atomic E-state index is 0.0799. The number of hydrogen-bond acceptors (Lipinski definition) is 4. The molecule has 0 saturated heterocycles. The van der Waals surface area contributed by atoms with Gasteiger partial charge in [-0.3, -0.25) is 10.1 Å².